The number of hydrogen-bond acceptors (Lipinski definition) is 1. The smallest absolute Gasteiger partial charge is 0.000386 e. The van der Waals surface area contributed by atoms with Crippen LogP contribution in [0.4, 0.5) is 0 Å². The zero-order valence-corrected chi connectivity index (χ0v) is 11.9. The lowest BCUT2D eigenvalue weighted by Crippen LogP contribution is -2.24. The number of nitrogens with zero attached hydrogens (tertiary/aromatic N) is 1. The van der Waals surface area contributed by atoms with Gasteiger partial charge in [-0.25, -0.2) is 0 Å². The molecule has 0 aliphatic rings. The van der Waals surface area contributed by atoms with Crippen LogP contribution in [0.3, 0.4) is 0 Å². The van der Waals surface area contributed by atoms with Crippen molar-refractivity contribution in [2.24, 2.45) is 5.92 Å². The average Bonchev–Trinajstić information content (AvgIpc) is 2.24. The SMILES string of the molecule is CC.CC.CCCN(C)CC(C)CC. The van der Waals surface area contributed by atoms with Gasteiger partial charge in [0.2, 0.25) is 0 Å². The Balaban J connectivity index is -0.000000266. The van der Waals surface area contributed by atoms with Gasteiger partial charge in [0.1, 0.15) is 0 Å². The Morgan fingerprint density at radius 1 is 1.00 bits per heavy atom. The molecular weight excluding hydrogens is 170 g/mol. The minimum absolute atomic E-state index is 0.858. The van der Waals surface area contributed by atoms with E-state index in [9.17, 15) is 0 Å². The fourth-order valence-electron chi connectivity index (χ4n) is 1.13. The van der Waals surface area contributed by atoms with E-state index in [4.69, 9.17) is 0 Å². The van der Waals surface area contributed by atoms with E-state index >= 15 is 0 Å². The highest BCUT2D eigenvalue weighted by Crippen LogP contribution is 2.02. The highest BCUT2D eigenvalue weighted by molar-refractivity contribution is 4.55. The quantitative estimate of drug-likeness (QED) is 0.639. The van der Waals surface area contributed by atoms with Crippen molar-refractivity contribution in [3.8, 4) is 0 Å². The molecule has 0 N–H and O–H groups in total. The van der Waals surface area contributed by atoms with Crippen LogP contribution >= 0.6 is 0 Å². The van der Waals surface area contributed by atoms with Gasteiger partial charge in [0.25, 0.3) is 0 Å². The highest BCUT2D eigenvalue weighted by Gasteiger charge is 2.01. The lowest BCUT2D eigenvalue weighted by Gasteiger charge is -2.19. The van der Waals surface area contributed by atoms with Crippen LogP contribution in [0.2, 0.25) is 0 Å². The van der Waals surface area contributed by atoms with Crippen LogP contribution in [0.1, 0.15) is 61.3 Å². The number of rotatable bonds is 5. The second-order valence-corrected chi connectivity index (χ2v) is 3.28. The fraction of sp³-hybridized carbons (Fsp3) is 1.00. The van der Waals surface area contributed by atoms with E-state index in [0.29, 0.717) is 0 Å². The molecule has 0 saturated heterocycles. The number of hydrogen-bond donors (Lipinski definition) is 0. The van der Waals surface area contributed by atoms with E-state index in [2.05, 4.69) is 32.7 Å². The van der Waals surface area contributed by atoms with Gasteiger partial charge in [-0.2, -0.15) is 0 Å². The maximum absolute atomic E-state index is 2.41. The molecule has 1 unspecified atom stereocenters. The van der Waals surface area contributed by atoms with Crippen LogP contribution in [0.5, 0.6) is 0 Å². The van der Waals surface area contributed by atoms with Gasteiger partial charge in [0.05, 0.1) is 0 Å². The molecule has 1 nitrogen and oxygen atoms in total. The standard InChI is InChI=1S/C9H21N.2C2H6/c1-5-7-10(4)8-9(3)6-2;2*1-2/h9H,5-8H2,1-4H3;2*1-2H3. The predicted octanol–water partition coefficient (Wildman–Crippen LogP) is 4.43. The third kappa shape index (κ3) is 17.9. The highest BCUT2D eigenvalue weighted by atomic mass is 15.1. The molecule has 0 fully saturated rings. The summed E-state index contributed by atoms with van der Waals surface area (Å²) in [6.07, 6.45) is 2.57. The fourth-order valence-corrected chi connectivity index (χ4v) is 1.13. The first-order chi connectivity index (χ1) is 6.70. The molecule has 0 aromatic heterocycles. The molecule has 0 spiro atoms. The van der Waals surface area contributed by atoms with Gasteiger partial charge < -0.3 is 4.90 Å². The van der Waals surface area contributed by atoms with Crippen LogP contribution in [-0.2, 0) is 0 Å². The van der Waals surface area contributed by atoms with Crippen LogP contribution < -0.4 is 0 Å². The van der Waals surface area contributed by atoms with Crippen molar-refractivity contribution in [1.29, 1.82) is 0 Å². The maximum atomic E-state index is 2.41. The summed E-state index contributed by atoms with van der Waals surface area (Å²) in [7, 11) is 2.20. The zero-order valence-electron chi connectivity index (χ0n) is 11.9. The molecule has 90 valence electrons. The first-order valence-corrected chi connectivity index (χ1v) is 6.39. The van der Waals surface area contributed by atoms with E-state index in [1.807, 2.05) is 27.7 Å². The van der Waals surface area contributed by atoms with Crippen molar-refractivity contribution in [3.05, 3.63) is 0 Å². The third-order valence-corrected chi connectivity index (χ3v) is 1.93. The molecule has 0 bridgehead atoms. The van der Waals surface area contributed by atoms with Gasteiger partial charge in [-0.15, -0.1) is 0 Å². The van der Waals surface area contributed by atoms with Crippen molar-refractivity contribution in [2.45, 2.75) is 61.3 Å². The summed E-state index contributed by atoms with van der Waals surface area (Å²) >= 11 is 0. The Bertz CT molecular complexity index is 71.6. The van der Waals surface area contributed by atoms with E-state index in [1.54, 1.807) is 0 Å². The lowest BCUT2D eigenvalue weighted by molar-refractivity contribution is 0.283. The van der Waals surface area contributed by atoms with Gasteiger partial charge in [0.15, 0.2) is 0 Å². The molecule has 0 aliphatic carbocycles. The van der Waals surface area contributed by atoms with Crippen LogP contribution in [0.25, 0.3) is 0 Å². The van der Waals surface area contributed by atoms with Crippen molar-refractivity contribution >= 4 is 0 Å². The first kappa shape index (κ1) is 19.5. The van der Waals surface area contributed by atoms with Gasteiger partial charge in [-0.3, -0.25) is 0 Å². The summed E-state index contributed by atoms with van der Waals surface area (Å²) in [5.74, 6) is 0.858. The molecule has 0 heterocycles. The molecule has 1 heteroatoms. The second-order valence-electron chi connectivity index (χ2n) is 3.28. The largest absolute Gasteiger partial charge is 0.306 e. The van der Waals surface area contributed by atoms with Crippen LogP contribution in [-0.4, -0.2) is 25.0 Å². The van der Waals surface area contributed by atoms with Crippen molar-refractivity contribution in [3.63, 3.8) is 0 Å². The van der Waals surface area contributed by atoms with Gasteiger partial charge in [-0.05, 0) is 25.9 Å². The summed E-state index contributed by atoms with van der Waals surface area (Å²) in [6, 6.07) is 0. The minimum atomic E-state index is 0.858. The Hall–Kier alpha value is -0.0400. The summed E-state index contributed by atoms with van der Waals surface area (Å²) in [6.45, 7) is 17.3. The Kier molecular flexibility index (Phi) is 26.1. The Morgan fingerprint density at radius 3 is 1.71 bits per heavy atom. The summed E-state index contributed by atoms with van der Waals surface area (Å²) in [5.41, 5.74) is 0. The molecule has 0 radical (unpaired) electrons. The van der Waals surface area contributed by atoms with E-state index < -0.39 is 0 Å². The van der Waals surface area contributed by atoms with Crippen molar-refractivity contribution in [2.75, 3.05) is 20.1 Å². The normalized spacial score (nSPS) is 10.9. The second kappa shape index (κ2) is 18.7. The molecule has 14 heavy (non-hydrogen) atoms. The zero-order chi connectivity index (χ0) is 12.0. The Morgan fingerprint density at radius 2 is 1.43 bits per heavy atom. The van der Waals surface area contributed by atoms with Crippen molar-refractivity contribution < 1.29 is 0 Å². The van der Waals surface area contributed by atoms with Gasteiger partial charge in [-0.1, -0.05) is 54.9 Å². The van der Waals surface area contributed by atoms with Crippen molar-refractivity contribution in [1.82, 2.24) is 4.90 Å². The van der Waals surface area contributed by atoms with Gasteiger partial charge in [0, 0.05) is 6.54 Å². The maximum Gasteiger partial charge on any atom is 0.000386 e. The first-order valence-electron chi connectivity index (χ1n) is 6.39. The molecule has 1 atom stereocenters. The Labute approximate surface area is 92.9 Å². The molecule has 0 rings (SSSR count). The van der Waals surface area contributed by atoms with E-state index in [-0.39, 0.29) is 0 Å². The topological polar surface area (TPSA) is 3.24 Å². The monoisotopic (exact) mass is 203 g/mol. The summed E-state index contributed by atoms with van der Waals surface area (Å²) in [5, 5.41) is 0. The van der Waals surface area contributed by atoms with E-state index in [0.717, 1.165) is 5.92 Å². The molecule has 0 aromatic carbocycles. The molecule has 0 saturated carbocycles. The van der Waals surface area contributed by atoms with Gasteiger partial charge >= 0.3 is 0 Å². The molecular formula is C13H33N. The molecule has 0 amide bonds. The molecule has 0 aliphatic heterocycles. The molecule has 0 aromatic rings. The summed E-state index contributed by atoms with van der Waals surface area (Å²) < 4.78 is 0. The van der Waals surface area contributed by atoms with Crippen LogP contribution in [0, 0.1) is 5.92 Å². The lowest BCUT2D eigenvalue weighted by atomic mass is 10.1. The van der Waals surface area contributed by atoms with E-state index in [1.165, 1.54) is 25.9 Å². The summed E-state index contributed by atoms with van der Waals surface area (Å²) in [4.78, 5) is 2.41. The predicted molar refractivity (Wildman–Crippen MR) is 69.9 cm³/mol. The third-order valence-electron chi connectivity index (χ3n) is 1.93. The van der Waals surface area contributed by atoms with Crippen LogP contribution in [0.15, 0.2) is 0 Å². The average molecular weight is 203 g/mol. The minimum Gasteiger partial charge on any atom is -0.306 e.